The van der Waals surface area contributed by atoms with E-state index in [9.17, 15) is 5.48 Å². The van der Waals surface area contributed by atoms with Gasteiger partial charge in [0.2, 0.25) is 0 Å². The molecule has 0 unspecified atom stereocenters. The zero-order chi connectivity index (χ0) is 35.3. The molecule has 200 valence electrons. The monoisotopic (exact) mass is 554 g/mol. The van der Waals surface area contributed by atoms with Crippen molar-refractivity contribution in [3.05, 3.63) is 158 Å². The molecule has 0 aliphatic rings. The lowest BCUT2D eigenvalue weighted by Crippen LogP contribution is -1.91. The molecule has 1 heteroatoms. The molecule has 0 aliphatic heterocycles. The van der Waals surface area contributed by atoms with E-state index in [4.69, 9.17) is 9.90 Å². The number of rotatable bonds is 3. The second kappa shape index (κ2) is 9.44. The van der Waals surface area contributed by atoms with Crippen molar-refractivity contribution in [2.45, 2.75) is 0 Å². The maximum absolute atomic E-state index is 9.30. The summed E-state index contributed by atoms with van der Waals surface area (Å²) < 4.78 is 78.4. The van der Waals surface area contributed by atoms with Gasteiger partial charge in [0.05, 0.1) is 11.0 Å². The predicted molar refractivity (Wildman–Crippen MR) is 183 cm³/mol. The van der Waals surface area contributed by atoms with Crippen molar-refractivity contribution in [1.29, 1.82) is 0 Å². The first kappa shape index (κ1) is 17.3. The fraction of sp³-hybridized carbons (Fsp3) is 0. The van der Waals surface area contributed by atoms with Gasteiger partial charge in [-0.05, 0) is 84.6 Å². The number of benzene rings is 8. The fourth-order valence-electron chi connectivity index (χ4n) is 6.42. The summed E-state index contributed by atoms with van der Waals surface area (Å²) in [5.41, 5.74) is 5.08. The lowest BCUT2D eigenvalue weighted by molar-refractivity contribution is 0.673. The topological polar surface area (TPSA) is 13.1 Å². The third-order valence-electron chi connectivity index (χ3n) is 8.29. The van der Waals surface area contributed by atoms with Crippen LogP contribution in [-0.4, -0.2) is 0 Å². The van der Waals surface area contributed by atoms with Crippen LogP contribution >= 0.6 is 0 Å². The van der Waals surface area contributed by atoms with Crippen molar-refractivity contribution in [1.82, 2.24) is 0 Å². The van der Waals surface area contributed by atoms with Crippen molar-refractivity contribution in [3.63, 3.8) is 0 Å². The van der Waals surface area contributed by atoms with Crippen LogP contribution in [0, 0.1) is 0 Å². The largest absolute Gasteiger partial charge is 0.455 e. The van der Waals surface area contributed by atoms with Gasteiger partial charge < -0.3 is 4.42 Å². The molecule has 1 heterocycles. The highest BCUT2D eigenvalue weighted by atomic mass is 16.3. The van der Waals surface area contributed by atoms with Gasteiger partial charge in [-0.1, -0.05) is 133 Å². The van der Waals surface area contributed by atoms with E-state index in [2.05, 4.69) is 24.3 Å². The molecule has 0 bridgehead atoms. The highest BCUT2D eigenvalue weighted by molar-refractivity contribution is 6.27. The Kier molecular flexibility index (Phi) is 3.80. The minimum atomic E-state index is -0.433. The fourth-order valence-corrected chi connectivity index (χ4v) is 6.42. The van der Waals surface area contributed by atoms with Gasteiger partial charge in [0, 0.05) is 16.2 Å². The third-order valence-corrected chi connectivity index (χ3v) is 8.29. The van der Waals surface area contributed by atoms with Crippen LogP contribution in [0.5, 0.6) is 0 Å². The summed E-state index contributed by atoms with van der Waals surface area (Å²) >= 11 is 0. The molecular weight excluding hydrogens is 520 g/mol. The molecule has 0 fully saturated rings. The van der Waals surface area contributed by atoms with E-state index in [0.29, 0.717) is 38.8 Å². The number of furan rings is 1. The van der Waals surface area contributed by atoms with Crippen molar-refractivity contribution >= 4 is 54.3 Å². The molecule has 0 radical (unpaired) electrons. The molecule has 8 aromatic carbocycles. The molecule has 0 spiro atoms. The standard InChI is InChI=1S/C42H26O/c1-3-12-27(13-4-1)29-22-24-31-30(26-29)23-25-37-41-36(20-11-21-38(41)43-42(31)37)40-34-18-9-7-16-32(34)39(28-14-5-2-6-15-28)33-17-8-10-19-35(33)40/h1-26H/i7D,8D,9D,10D,16D,17D,18D,19D. The SMILES string of the molecule is [2H]c1c([2H])c([2H])c2c(-c3cccc4oc5c6ccc(-c7ccccc7)cc6ccc5c34)c3c([2H])c([2H])c([2H])c([2H])c3c(-c3ccccc3)c2c1[2H]. The first-order valence-corrected chi connectivity index (χ1v) is 14.1. The Morgan fingerprint density at radius 2 is 1.05 bits per heavy atom. The lowest BCUT2D eigenvalue weighted by atomic mass is 9.85. The molecular formula is C42H26O. The Balaban J connectivity index is 1.48. The Hall–Kier alpha value is -5.66. The normalized spacial score (nSPS) is 14.3. The van der Waals surface area contributed by atoms with Crippen molar-refractivity contribution in [2.24, 2.45) is 0 Å². The summed E-state index contributed by atoms with van der Waals surface area (Å²) in [6.45, 7) is 0. The van der Waals surface area contributed by atoms with Crippen LogP contribution in [0.1, 0.15) is 11.0 Å². The number of hydrogen-bond donors (Lipinski definition) is 0. The Morgan fingerprint density at radius 3 is 1.72 bits per heavy atom. The van der Waals surface area contributed by atoms with E-state index in [0.717, 1.165) is 27.3 Å². The van der Waals surface area contributed by atoms with E-state index in [1.165, 1.54) is 0 Å². The number of fused-ring (bicyclic) bond motifs is 7. The van der Waals surface area contributed by atoms with Crippen molar-refractivity contribution < 1.29 is 15.4 Å². The smallest absolute Gasteiger partial charge is 0.143 e. The minimum Gasteiger partial charge on any atom is -0.455 e. The van der Waals surface area contributed by atoms with Gasteiger partial charge in [-0.15, -0.1) is 0 Å². The molecule has 9 rings (SSSR count). The first-order valence-electron chi connectivity index (χ1n) is 18.1. The molecule has 0 saturated heterocycles. The maximum atomic E-state index is 9.30. The van der Waals surface area contributed by atoms with Gasteiger partial charge in [0.25, 0.3) is 0 Å². The quantitative estimate of drug-likeness (QED) is 0.198. The maximum Gasteiger partial charge on any atom is 0.143 e. The van der Waals surface area contributed by atoms with Gasteiger partial charge in [-0.3, -0.25) is 0 Å². The molecule has 0 saturated carbocycles. The molecule has 1 aromatic heterocycles. The summed E-state index contributed by atoms with van der Waals surface area (Å²) in [5, 5.41) is 4.04. The molecule has 1 nitrogen and oxygen atoms in total. The van der Waals surface area contributed by atoms with Gasteiger partial charge in [0.1, 0.15) is 11.2 Å². The Morgan fingerprint density at radius 1 is 0.442 bits per heavy atom. The van der Waals surface area contributed by atoms with Crippen LogP contribution < -0.4 is 0 Å². The second-order valence-electron chi connectivity index (χ2n) is 10.6. The van der Waals surface area contributed by atoms with Gasteiger partial charge in [-0.2, -0.15) is 0 Å². The van der Waals surface area contributed by atoms with Gasteiger partial charge >= 0.3 is 0 Å². The lowest BCUT2D eigenvalue weighted by Gasteiger charge is -2.18. The summed E-state index contributed by atoms with van der Waals surface area (Å²) in [5.74, 6) is 0. The van der Waals surface area contributed by atoms with Crippen molar-refractivity contribution in [2.75, 3.05) is 0 Å². The highest BCUT2D eigenvalue weighted by Crippen LogP contribution is 2.47. The molecule has 0 aliphatic carbocycles. The third kappa shape index (κ3) is 3.65. The minimum absolute atomic E-state index is 0.174. The van der Waals surface area contributed by atoms with Gasteiger partial charge in [0.15, 0.2) is 0 Å². The van der Waals surface area contributed by atoms with Crippen LogP contribution in [-0.2, 0) is 0 Å². The summed E-state index contributed by atoms with van der Waals surface area (Å²) in [4.78, 5) is 0. The Labute approximate surface area is 260 Å². The zero-order valence-electron chi connectivity index (χ0n) is 30.8. The zero-order valence-corrected chi connectivity index (χ0v) is 22.8. The van der Waals surface area contributed by atoms with E-state index < -0.39 is 24.2 Å². The molecule has 0 N–H and O–H groups in total. The van der Waals surface area contributed by atoms with E-state index in [1.807, 2.05) is 54.6 Å². The molecule has 0 amide bonds. The second-order valence-corrected chi connectivity index (χ2v) is 10.6. The summed E-state index contributed by atoms with van der Waals surface area (Å²) in [6, 6.07) is 31.9. The molecule has 0 atom stereocenters. The average molecular weight is 555 g/mol. The molecule has 9 aromatic rings. The number of hydrogen-bond acceptors (Lipinski definition) is 1. The van der Waals surface area contributed by atoms with Crippen LogP contribution in [0.4, 0.5) is 0 Å². The van der Waals surface area contributed by atoms with Gasteiger partial charge in [-0.25, -0.2) is 0 Å². The van der Waals surface area contributed by atoms with Crippen LogP contribution in [0.3, 0.4) is 0 Å². The van der Waals surface area contributed by atoms with Crippen LogP contribution in [0.25, 0.3) is 87.6 Å². The van der Waals surface area contributed by atoms with E-state index >= 15 is 0 Å². The Bertz CT molecular complexity index is 2850. The average Bonchev–Trinajstić information content (AvgIpc) is 3.56. The predicted octanol–water partition coefficient (Wildman–Crippen LogP) is 12.0. The van der Waals surface area contributed by atoms with Crippen molar-refractivity contribution in [3.8, 4) is 33.4 Å². The highest BCUT2D eigenvalue weighted by Gasteiger charge is 2.20. The molecule has 43 heavy (non-hydrogen) atoms. The van der Waals surface area contributed by atoms with Crippen LogP contribution in [0.15, 0.2) is 162 Å². The van der Waals surface area contributed by atoms with Crippen LogP contribution in [0.2, 0.25) is 0 Å². The summed E-state index contributed by atoms with van der Waals surface area (Å²) in [7, 11) is 0. The van der Waals surface area contributed by atoms with E-state index in [1.54, 1.807) is 30.3 Å². The summed E-state index contributed by atoms with van der Waals surface area (Å²) in [6.07, 6.45) is 0. The van der Waals surface area contributed by atoms with E-state index in [-0.39, 0.29) is 45.7 Å². The first-order chi connectivity index (χ1) is 24.7.